The van der Waals surface area contributed by atoms with E-state index in [2.05, 4.69) is 4.98 Å². The second-order valence-electron chi connectivity index (χ2n) is 8.62. The van der Waals surface area contributed by atoms with Crippen LogP contribution in [0, 0.1) is 6.92 Å². The van der Waals surface area contributed by atoms with E-state index in [-0.39, 0.29) is 17.0 Å². The molecule has 176 valence electrons. The van der Waals surface area contributed by atoms with Crippen LogP contribution in [0.15, 0.2) is 96.2 Å². The molecule has 3 aromatic carbocycles. The molecule has 3 N–H and O–H groups in total. The fourth-order valence-electron chi connectivity index (χ4n) is 4.45. The zero-order valence-electron chi connectivity index (χ0n) is 18.9. The summed E-state index contributed by atoms with van der Waals surface area (Å²) in [4.78, 5) is 19.2. The van der Waals surface area contributed by atoms with Crippen LogP contribution < -0.4 is 10.0 Å². The molecule has 7 nitrogen and oxygen atoms in total. The van der Waals surface area contributed by atoms with E-state index in [1.54, 1.807) is 23.4 Å². The van der Waals surface area contributed by atoms with Crippen LogP contribution in [0.1, 0.15) is 22.3 Å². The smallest absolute Gasteiger partial charge is 0.268 e. The van der Waals surface area contributed by atoms with Crippen molar-refractivity contribution in [2.45, 2.75) is 24.0 Å². The molecule has 1 aliphatic rings. The first-order valence-corrected chi connectivity index (χ1v) is 12.5. The SMILES string of the molecule is Cc1ccc2c(c1)C(O)(c1ccc(S(N)(=O)=O)cc1)C(=O)N2Cc1ccc(-c2ccncc2)cc1. The maximum absolute atomic E-state index is 13.7. The molecule has 0 saturated heterocycles. The minimum atomic E-state index is -3.90. The van der Waals surface area contributed by atoms with Crippen LogP contribution in [0.3, 0.4) is 0 Å². The minimum absolute atomic E-state index is 0.0918. The van der Waals surface area contributed by atoms with Crippen LogP contribution in [-0.2, 0) is 27.0 Å². The van der Waals surface area contributed by atoms with E-state index in [9.17, 15) is 18.3 Å². The summed E-state index contributed by atoms with van der Waals surface area (Å²) in [7, 11) is -3.90. The number of hydrogen-bond acceptors (Lipinski definition) is 5. The Balaban J connectivity index is 1.51. The molecule has 0 radical (unpaired) electrons. The van der Waals surface area contributed by atoms with Gasteiger partial charge in [0.15, 0.2) is 5.60 Å². The van der Waals surface area contributed by atoms with Gasteiger partial charge in [-0.15, -0.1) is 0 Å². The van der Waals surface area contributed by atoms with Gasteiger partial charge < -0.3 is 10.0 Å². The summed E-state index contributed by atoms with van der Waals surface area (Å²) in [6, 6.07) is 22.7. The summed E-state index contributed by atoms with van der Waals surface area (Å²) in [6.07, 6.45) is 3.47. The molecule has 0 aliphatic carbocycles. The van der Waals surface area contributed by atoms with Crippen molar-refractivity contribution in [1.29, 1.82) is 0 Å². The van der Waals surface area contributed by atoms with Crippen LogP contribution in [-0.4, -0.2) is 24.4 Å². The number of primary sulfonamides is 1. The van der Waals surface area contributed by atoms with E-state index in [1.807, 2.05) is 55.5 Å². The van der Waals surface area contributed by atoms with Gasteiger partial charge in [0.05, 0.1) is 17.1 Å². The van der Waals surface area contributed by atoms with Gasteiger partial charge in [0, 0.05) is 18.0 Å². The van der Waals surface area contributed by atoms with Gasteiger partial charge in [-0.1, -0.05) is 54.1 Å². The average Bonchev–Trinajstić information content (AvgIpc) is 3.07. The number of anilines is 1. The number of aliphatic hydroxyl groups is 1. The molecule has 4 aromatic rings. The number of aryl methyl sites for hydroxylation is 1. The van der Waals surface area contributed by atoms with Crippen LogP contribution in [0.25, 0.3) is 11.1 Å². The Morgan fingerprint density at radius 1 is 0.914 bits per heavy atom. The number of nitrogens with zero attached hydrogens (tertiary/aromatic N) is 2. The van der Waals surface area contributed by atoms with Crippen molar-refractivity contribution in [2.24, 2.45) is 5.14 Å². The summed E-state index contributed by atoms with van der Waals surface area (Å²) in [5.74, 6) is -0.500. The van der Waals surface area contributed by atoms with Crippen LogP contribution in [0.4, 0.5) is 5.69 Å². The fraction of sp³-hybridized carbons (Fsp3) is 0.111. The molecule has 2 heterocycles. The third kappa shape index (κ3) is 4.01. The van der Waals surface area contributed by atoms with Crippen molar-refractivity contribution in [3.8, 4) is 11.1 Å². The Labute approximate surface area is 203 Å². The lowest BCUT2D eigenvalue weighted by Gasteiger charge is -2.24. The molecule has 35 heavy (non-hydrogen) atoms. The quantitative estimate of drug-likeness (QED) is 0.449. The molecule has 1 amide bonds. The molecule has 1 aliphatic heterocycles. The number of rotatable bonds is 5. The molecule has 8 heteroatoms. The van der Waals surface area contributed by atoms with E-state index in [0.717, 1.165) is 22.3 Å². The number of carbonyl (C=O) groups excluding carboxylic acids is 1. The van der Waals surface area contributed by atoms with Crippen molar-refractivity contribution in [1.82, 2.24) is 4.98 Å². The Bertz CT molecular complexity index is 1520. The zero-order valence-corrected chi connectivity index (χ0v) is 19.7. The van der Waals surface area contributed by atoms with Gasteiger partial charge in [-0.3, -0.25) is 9.78 Å². The first-order valence-electron chi connectivity index (χ1n) is 11.0. The largest absolute Gasteiger partial charge is 0.372 e. The monoisotopic (exact) mass is 485 g/mol. The first kappa shape index (κ1) is 22.9. The fourth-order valence-corrected chi connectivity index (χ4v) is 4.96. The van der Waals surface area contributed by atoms with E-state index in [1.165, 1.54) is 24.3 Å². The van der Waals surface area contributed by atoms with Gasteiger partial charge in [-0.05, 0) is 59.5 Å². The molecule has 0 fully saturated rings. The number of fused-ring (bicyclic) bond motifs is 1. The highest BCUT2D eigenvalue weighted by atomic mass is 32.2. The average molecular weight is 486 g/mol. The maximum Gasteiger partial charge on any atom is 0.268 e. The molecule has 5 rings (SSSR count). The Kier molecular flexibility index (Phi) is 5.52. The molecular formula is C27H23N3O4S. The molecule has 1 atom stereocenters. The number of pyridine rings is 1. The number of aromatic nitrogens is 1. The van der Waals surface area contributed by atoms with Crippen molar-refractivity contribution >= 4 is 21.6 Å². The molecule has 1 unspecified atom stereocenters. The number of carbonyl (C=O) groups is 1. The highest BCUT2D eigenvalue weighted by molar-refractivity contribution is 7.89. The van der Waals surface area contributed by atoms with Crippen LogP contribution >= 0.6 is 0 Å². The van der Waals surface area contributed by atoms with Crippen molar-refractivity contribution in [3.05, 3.63) is 114 Å². The van der Waals surface area contributed by atoms with Gasteiger partial charge >= 0.3 is 0 Å². The third-order valence-corrected chi connectivity index (χ3v) is 7.23. The van der Waals surface area contributed by atoms with Crippen molar-refractivity contribution in [3.63, 3.8) is 0 Å². The summed E-state index contributed by atoms with van der Waals surface area (Å²) in [5.41, 5.74) is 3.26. The summed E-state index contributed by atoms with van der Waals surface area (Å²) in [5, 5.41) is 17.0. The van der Waals surface area contributed by atoms with E-state index in [4.69, 9.17) is 5.14 Å². The maximum atomic E-state index is 13.7. The first-order chi connectivity index (χ1) is 16.7. The minimum Gasteiger partial charge on any atom is -0.372 e. The standard InChI is InChI=1S/C27H23N3O4S/c1-18-2-11-25-24(16-18)27(32,22-7-9-23(10-8-22)35(28,33)34)26(31)30(25)17-19-3-5-20(6-4-19)21-12-14-29-15-13-21/h2-16,32H,17H2,1H3,(H2,28,33,34). The summed E-state index contributed by atoms with van der Waals surface area (Å²) >= 11 is 0. The van der Waals surface area contributed by atoms with Gasteiger partial charge in [-0.25, -0.2) is 13.6 Å². The molecule has 0 bridgehead atoms. The predicted octanol–water partition coefficient (Wildman–Crippen LogP) is 3.49. The highest BCUT2D eigenvalue weighted by Gasteiger charge is 2.51. The number of benzene rings is 3. The molecule has 1 aromatic heterocycles. The third-order valence-electron chi connectivity index (χ3n) is 6.30. The molecule has 0 saturated carbocycles. The number of sulfonamides is 1. The number of nitrogens with two attached hydrogens (primary N) is 1. The van der Waals surface area contributed by atoms with Gasteiger partial charge in [-0.2, -0.15) is 0 Å². The highest BCUT2D eigenvalue weighted by Crippen LogP contribution is 2.45. The lowest BCUT2D eigenvalue weighted by molar-refractivity contribution is -0.132. The Hall–Kier alpha value is -3.85. The Morgan fingerprint density at radius 3 is 2.17 bits per heavy atom. The molecule has 0 spiro atoms. The normalized spacial score (nSPS) is 17.5. The van der Waals surface area contributed by atoms with Gasteiger partial charge in [0.25, 0.3) is 5.91 Å². The van der Waals surface area contributed by atoms with Gasteiger partial charge in [0.1, 0.15) is 0 Å². The topological polar surface area (TPSA) is 114 Å². The van der Waals surface area contributed by atoms with Crippen molar-refractivity contribution in [2.75, 3.05) is 4.90 Å². The second kappa shape index (κ2) is 8.42. The predicted molar refractivity (Wildman–Crippen MR) is 133 cm³/mol. The number of amides is 1. The van der Waals surface area contributed by atoms with Crippen LogP contribution in [0.5, 0.6) is 0 Å². The van der Waals surface area contributed by atoms with E-state index >= 15 is 0 Å². The Morgan fingerprint density at radius 2 is 1.54 bits per heavy atom. The van der Waals surface area contributed by atoms with Crippen molar-refractivity contribution < 1.29 is 18.3 Å². The van der Waals surface area contributed by atoms with Gasteiger partial charge in [0.2, 0.25) is 10.0 Å². The summed E-state index contributed by atoms with van der Waals surface area (Å²) in [6.45, 7) is 2.15. The number of hydrogen-bond donors (Lipinski definition) is 2. The molecular weight excluding hydrogens is 462 g/mol. The zero-order chi connectivity index (χ0) is 24.8. The summed E-state index contributed by atoms with van der Waals surface area (Å²) < 4.78 is 23.3. The van der Waals surface area contributed by atoms with E-state index < -0.39 is 21.5 Å². The van der Waals surface area contributed by atoms with E-state index in [0.29, 0.717) is 11.3 Å². The van der Waals surface area contributed by atoms with Crippen LogP contribution in [0.2, 0.25) is 0 Å². The lowest BCUT2D eigenvalue weighted by atomic mass is 9.87. The second-order valence-corrected chi connectivity index (χ2v) is 10.2. The lowest BCUT2D eigenvalue weighted by Crippen LogP contribution is -2.40.